The fraction of sp³-hybridized carbons (Fsp3) is 0.462. The van der Waals surface area contributed by atoms with Gasteiger partial charge in [0.15, 0.2) is 0 Å². The Balaban J connectivity index is 2.69. The molecule has 0 amide bonds. The highest BCUT2D eigenvalue weighted by Gasteiger charge is 2.10. The fourth-order valence-electron chi connectivity index (χ4n) is 1.70. The number of hydrogen-bond donors (Lipinski definition) is 1. The molecule has 0 aliphatic carbocycles. The van der Waals surface area contributed by atoms with E-state index in [1.165, 1.54) is 5.57 Å². The van der Waals surface area contributed by atoms with E-state index >= 15 is 0 Å². The van der Waals surface area contributed by atoms with Crippen molar-refractivity contribution in [1.82, 2.24) is 4.98 Å². The van der Waals surface area contributed by atoms with E-state index in [0.29, 0.717) is 5.92 Å². The third-order valence-corrected chi connectivity index (χ3v) is 2.61. The maximum atomic E-state index is 8.80. The molecule has 0 spiro atoms. The summed E-state index contributed by atoms with van der Waals surface area (Å²) in [6, 6.07) is 6.03. The molecular weight excluding hydrogens is 186 g/mol. The number of hydrogen-bond acceptors (Lipinski definition) is 2. The standard InChI is InChI=1S/C13H19NO/c1-3-12(10-11(2)7-9-15)13-6-4-5-8-14-13/h4-8,12,15H,3,9-10H2,1-2H3/b11-7-. The van der Waals surface area contributed by atoms with Crippen molar-refractivity contribution in [2.24, 2.45) is 0 Å². The number of rotatable bonds is 5. The minimum atomic E-state index is 0.129. The maximum absolute atomic E-state index is 8.80. The minimum absolute atomic E-state index is 0.129. The second kappa shape index (κ2) is 6.36. The van der Waals surface area contributed by atoms with Gasteiger partial charge >= 0.3 is 0 Å². The highest BCUT2D eigenvalue weighted by Crippen LogP contribution is 2.24. The van der Waals surface area contributed by atoms with Crippen LogP contribution in [-0.4, -0.2) is 16.7 Å². The molecule has 15 heavy (non-hydrogen) atoms. The molecule has 1 aromatic rings. The molecule has 2 nitrogen and oxygen atoms in total. The molecule has 0 saturated carbocycles. The van der Waals surface area contributed by atoms with E-state index in [4.69, 9.17) is 5.11 Å². The lowest BCUT2D eigenvalue weighted by Crippen LogP contribution is -2.00. The average Bonchev–Trinajstić information content (AvgIpc) is 2.27. The molecule has 0 aliphatic heterocycles. The summed E-state index contributed by atoms with van der Waals surface area (Å²) in [6.45, 7) is 4.36. The smallest absolute Gasteiger partial charge is 0.0614 e. The van der Waals surface area contributed by atoms with Crippen molar-refractivity contribution in [1.29, 1.82) is 0 Å². The third kappa shape index (κ3) is 3.84. The van der Waals surface area contributed by atoms with Crippen LogP contribution < -0.4 is 0 Å². The van der Waals surface area contributed by atoms with Gasteiger partial charge in [0.25, 0.3) is 0 Å². The molecule has 0 radical (unpaired) electrons. The molecular formula is C13H19NO. The minimum Gasteiger partial charge on any atom is -0.392 e. The molecule has 0 aliphatic rings. The van der Waals surface area contributed by atoms with Gasteiger partial charge < -0.3 is 5.11 Å². The third-order valence-electron chi connectivity index (χ3n) is 2.61. The molecule has 0 fully saturated rings. The Morgan fingerprint density at radius 1 is 1.53 bits per heavy atom. The second-order valence-corrected chi connectivity index (χ2v) is 3.80. The van der Waals surface area contributed by atoms with Gasteiger partial charge in [-0.15, -0.1) is 0 Å². The average molecular weight is 205 g/mol. The molecule has 0 saturated heterocycles. The summed E-state index contributed by atoms with van der Waals surface area (Å²) in [5, 5.41) is 8.80. The predicted molar refractivity (Wildman–Crippen MR) is 62.7 cm³/mol. The van der Waals surface area contributed by atoms with Crippen molar-refractivity contribution in [3.63, 3.8) is 0 Å². The summed E-state index contributed by atoms with van der Waals surface area (Å²) >= 11 is 0. The van der Waals surface area contributed by atoms with Gasteiger partial charge in [-0.1, -0.05) is 24.6 Å². The van der Waals surface area contributed by atoms with Crippen LogP contribution in [0.2, 0.25) is 0 Å². The van der Waals surface area contributed by atoms with E-state index in [0.717, 1.165) is 18.5 Å². The van der Waals surface area contributed by atoms with Gasteiger partial charge in [-0.3, -0.25) is 4.98 Å². The molecule has 1 heterocycles. The zero-order chi connectivity index (χ0) is 11.1. The normalized spacial score (nSPS) is 13.9. The molecule has 1 rings (SSSR count). The Kier molecular flexibility index (Phi) is 5.05. The number of aliphatic hydroxyl groups is 1. The number of aliphatic hydroxyl groups excluding tert-OH is 1. The van der Waals surface area contributed by atoms with Gasteiger partial charge in [-0.25, -0.2) is 0 Å². The summed E-state index contributed by atoms with van der Waals surface area (Å²) < 4.78 is 0. The molecule has 0 bridgehead atoms. The molecule has 1 aromatic heterocycles. The lowest BCUT2D eigenvalue weighted by molar-refractivity contribution is 0.341. The highest BCUT2D eigenvalue weighted by atomic mass is 16.2. The highest BCUT2D eigenvalue weighted by molar-refractivity contribution is 5.13. The SMILES string of the molecule is CCC(C/C(C)=C\CO)c1ccccn1. The molecule has 0 aromatic carbocycles. The van der Waals surface area contributed by atoms with E-state index in [-0.39, 0.29) is 6.61 Å². The molecule has 2 heteroatoms. The van der Waals surface area contributed by atoms with Crippen LogP contribution in [0.15, 0.2) is 36.0 Å². The second-order valence-electron chi connectivity index (χ2n) is 3.80. The summed E-state index contributed by atoms with van der Waals surface area (Å²) in [5.74, 6) is 0.467. The van der Waals surface area contributed by atoms with Crippen molar-refractivity contribution in [2.45, 2.75) is 32.6 Å². The van der Waals surface area contributed by atoms with Crippen LogP contribution in [0, 0.1) is 0 Å². The number of allylic oxidation sites excluding steroid dienone is 1. The topological polar surface area (TPSA) is 33.1 Å². The van der Waals surface area contributed by atoms with Gasteiger partial charge in [0, 0.05) is 17.8 Å². The van der Waals surface area contributed by atoms with Crippen LogP contribution in [0.25, 0.3) is 0 Å². The predicted octanol–water partition coefficient (Wildman–Crippen LogP) is 2.90. The number of aromatic nitrogens is 1. The molecule has 1 atom stereocenters. The molecule has 1 unspecified atom stereocenters. The van der Waals surface area contributed by atoms with Crippen LogP contribution in [-0.2, 0) is 0 Å². The largest absolute Gasteiger partial charge is 0.392 e. The first kappa shape index (κ1) is 11.9. The van der Waals surface area contributed by atoms with Gasteiger partial charge in [0.05, 0.1) is 6.61 Å². The van der Waals surface area contributed by atoms with Gasteiger partial charge in [-0.05, 0) is 31.9 Å². The molecule has 82 valence electrons. The Bertz CT molecular complexity index is 306. The zero-order valence-electron chi connectivity index (χ0n) is 9.48. The molecule has 1 N–H and O–H groups in total. The number of nitrogens with zero attached hydrogens (tertiary/aromatic N) is 1. The number of pyridine rings is 1. The van der Waals surface area contributed by atoms with Crippen LogP contribution in [0.5, 0.6) is 0 Å². The van der Waals surface area contributed by atoms with E-state index in [9.17, 15) is 0 Å². The van der Waals surface area contributed by atoms with E-state index in [1.54, 1.807) is 0 Å². The van der Waals surface area contributed by atoms with Gasteiger partial charge in [0.2, 0.25) is 0 Å². The zero-order valence-corrected chi connectivity index (χ0v) is 9.48. The summed E-state index contributed by atoms with van der Waals surface area (Å²) in [5.41, 5.74) is 2.38. The first-order valence-corrected chi connectivity index (χ1v) is 5.45. The van der Waals surface area contributed by atoms with Crippen molar-refractivity contribution in [3.8, 4) is 0 Å². The van der Waals surface area contributed by atoms with Crippen LogP contribution >= 0.6 is 0 Å². The monoisotopic (exact) mass is 205 g/mol. The van der Waals surface area contributed by atoms with E-state index in [1.807, 2.05) is 24.4 Å². The van der Waals surface area contributed by atoms with Crippen LogP contribution in [0.3, 0.4) is 0 Å². The summed E-state index contributed by atoms with van der Waals surface area (Å²) in [4.78, 5) is 4.37. The first-order chi connectivity index (χ1) is 7.27. The van der Waals surface area contributed by atoms with Crippen molar-refractivity contribution in [3.05, 3.63) is 41.7 Å². The summed E-state index contributed by atoms with van der Waals surface area (Å²) in [6.07, 6.45) is 5.76. The van der Waals surface area contributed by atoms with Crippen molar-refractivity contribution in [2.75, 3.05) is 6.61 Å². The van der Waals surface area contributed by atoms with Gasteiger partial charge in [0.1, 0.15) is 0 Å². The Hall–Kier alpha value is -1.15. The van der Waals surface area contributed by atoms with Crippen molar-refractivity contribution >= 4 is 0 Å². The first-order valence-electron chi connectivity index (χ1n) is 5.45. The Morgan fingerprint density at radius 3 is 2.87 bits per heavy atom. The van der Waals surface area contributed by atoms with E-state index in [2.05, 4.69) is 24.9 Å². The summed E-state index contributed by atoms with van der Waals surface area (Å²) in [7, 11) is 0. The quantitative estimate of drug-likeness (QED) is 0.750. The van der Waals surface area contributed by atoms with Gasteiger partial charge in [-0.2, -0.15) is 0 Å². The van der Waals surface area contributed by atoms with Crippen LogP contribution in [0.4, 0.5) is 0 Å². The van der Waals surface area contributed by atoms with E-state index < -0.39 is 0 Å². The fourth-order valence-corrected chi connectivity index (χ4v) is 1.70. The van der Waals surface area contributed by atoms with Crippen LogP contribution in [0.1, 0.15) is 38.3 Å². The lowest BCUT2D eigenvalue weighted by atomic mass is 9.94. The Morgan fingerprint density at radius 2 is 2.33 bits per heavy atom. The Labute approximate surface area is 91.7 Å². The van der Waals surface area contributed by atoms with Crippen molar-refractivity contribution < 1.29 is 5.11 Å². The maximum Gasteiger partial charge on any atom is 0.0614 e. The lowest BCUT2D eigenvalue weighted by Gasteiger charge is -2.14.